The van der Waals surface area contributed by atoms with Crippen molar-refractivity contribution in [2.75, 3.05) is 32.1 Å². The zero-order chi connectivity index (χ0) is 20.8. The number of benzene rings is 2. The van der Waals surface area contributed by atoms with Gasteiger partial charge in [-0.3, -0.25) is 4.79 Å². The SMILES string of the molecule is COc1ccccc1NC(=O)N1CCC(CNC(=O)c2ccc(C)c(C)c2)CC1. The fraction of sp³-hybridized carbons (Fsp3) is 0.391. The Morgan fingerprint density at radius 2 is 1.79 bits per heavy atom. The number of rotatable bonds is 5. The van der Waals surface area contributed by atoms with Crippen molar-refractivity contribution in [1.82, 2.24) is 10.2 Å². The minimum absolute atomic E-state index is 0.0376. The van der Waals surface area contributed by atoms with Gasteiger partial charge in [0.1, 0.15) is 5.75 Å². The van der Waals surface area contributed by atoms with Crippen LogP contribution in [0.4, 0.5) is 10.5 Å². The standard InChI is InChI=1S/C23H29N3O3/c1-16-8-9-19(14-17(16)2)22(27)24-15-18-10-12-26(13-11-18)23(28)25-20-6-4-5-7-21(20)29-3/h4-9,14,18H,10-13,15H2,1-3H3,(H,24,27)(H,25,28). The molecule has 0 bridgehead atoms. The van der Waals surface area contributed by atoms with Gasteiger partial charge in [0.15, 0.2) is 0 Å². The molecule has 1 saturated heterocycles. The van der Waals surface area contributed by atoms with Crippen LogP contribution in [0.15, 0.2) is 42.5 Å². The Kier molecular flexibility index (Phi) is 6.75. The number of carbonyl (C=O) groups is 2. The van der Waals surface area contributed by atoms with Crippen LogP contribution in [0.25, 0.3) is 0 Å². The van der Waals surface area contributed by atoms with E-state index in [1.54, 1.807) is 7.11 Å². The van der Waals surface area contributed by atoms with E-state index in [0.717, 1.165) is 18.4 Å². The number of hydrogen-bond acceptors (Lipinski definition) is 3. The smallest absolute Gasteiger partial charge is 0.321 e. The van der Waals surface area contributed by atoms with Crippen LogP contribution in [0.2, 0.25) is 0 Å². The summed E-state index contributed by atoms with van der Waals surface area (Å²) in [5.74, 6) is 0.982. The fourth-order valence-electron chi connectivity index (χ4n) is 3.50. The number of methoxy groups -OCH3 is 1. The summed E-state index contributed by atoms with van der Waals surface area (Å²) in [6.45, 7) is 6.02. The van der Waals surface area contributed by atoms with Gasteiger partial charge in [-0.1, -0.05) is 18.2 Å². The molecule has 1 aliphatic heterocycles. The van der Waals surface area contributed by atoms with Crippen LogP contribution in [-0.2, 0) is 0 Å². The van der Waals surface area contributed by atoms with Gasteiger partial charge in [0, 0.05) is 25.2 Å². The second-order valence-electron chi connectivity index (χ2n) is 7.57. The average molecular weight is 396 g/mol. The Hall–Kier alpha value is -3.02. The van der Waals surface area contributed by atoms with Crippen molar-refractivity contribution in [3.05, 3.63) is 59.2 Å². The molecule has 0 spiro atoms. The Balaban J connectivity index is 1.45. The second-order valence-corrected chi connectivity index (χ2v) is 7.57. The van der Waals surface area contributed by atoms with Gasteiger partial charge in [-0.15, -0.1) is 0 Å². The van der Waals surface area contributed by atoms with E-state index in [9.17, 15) is 9.59 Å². The number of urea groups is 1. The highest BCUT2D eigenvalue weighted by Crippen LogP contribution is 2.24. The van der Waals surface area contributed by atoms with Gasteiger partial charge < -0.3 is 20.3 Å². The molecule has 0 aromatic heterocycles. The highest BCUT2D eigenvalue weighted by Gasteiger charge is 2.24. The molecule has 1 heterocycles. The van der Waals surface area contributed by atoms with Crippen molar-refractivity contribution in [1.29, 1.82) is 0 Å². The van der Waals surface area contributed by atoms with E-state index in [-0.39, 0.29) is 11.9 Å². The van der Waals surface area contributed by atoms with Crippen LogP contribution in [0.3, 0.4) is 0 Å². The molecule has 3 rings (SSSR count). The molecule has 0 radical (unpaired) electrons. The van der Waals surface area contributed by atoms with Crippen LogP contribution in [0.5, 0.6) is 5.75 Å². The molecule has 6 nitrogen and oxygen atoms in total. The molecular formula is C23H29N3O3. The van der Waals surface area contributed by atoms with Crippen molar-refractivity contribution in [2.24, 2.45) is 5.92 Å². The number of para-hydroxylation sites is 2. The first-order valence-corrected chi connectivity index (χ1v) is 10.0. The number of amides is 3. The topological polar surface area (TPSA) is 70.7 Å². The number of likely N-dealkylation sites (tertiary alicyclic amines) is 1. The number of carbonyl (C=O) groups excluding carboxylic acids is 2. The molecule has 0 atom stereocenters. The third-order valence-corrected chi connectivity index (χ3v) is 5.57. The predicted octanol–water partition coefficient (Wildman–Crippen LogP) is 3.99. The number of ether oxygens (including phenoxy) is 1. The first kappa shape index (κ1) is 20.7. The van der Waals surface area contributed by atoms with Crippen molar-refractivity contribution in [2.45, 2.75) is 26.7 Å². The van der Waals surface area contributed by atoms with Crippen LogP contribution >= 0.6 is 0 Å². The van der Waals surface area contributed by atoms with Gasteiger partial charge >= 0.3 is 6.03 Å². The van der Waals surface area contributed by atoms with E-state index in [2.05, 4.69) is 10.6 Å². The predicted molar refractivity (Wildman–Crippen MR) is 115 cm³/mol. The second kappa shape index (κ2) is 9.45. The maximum absolute atomic E-state index is 12.5. The molecule has 0 saturated carbocycles. The molecule has 1 fully saturated rings. The zero-order valence-electron chi connectivity index (χ0n) is 17.3. The number of piperidine rings is 1. The molecule has 2 N–H and O–H groups in total. The number of nitrogens with zero attached hydrogens (tertiary/aromatic N) is 1. The van der Waals surface area contributed by atoms with Gasteiger partial charge in [-0.2, -0.15) is 0 Å². The molecule has 6 heteroatoms. The van der Waals surface area contributed by atoms with Crippen LogP contribution in [0, 0.1) is 19.8 Å². The molecule has 29 heavy (non-hydrogen) atoms. The highest BCUT2D eigenvalue weighted by atomic mass is 16.5. The lowest BCUT2D eigenvalue weighted by Gasteiger charge is -2.32. The first-order chi connectivity index (χ1) is 14.0. The molecule has 0 unspecified atom stereocenters. The molecule has 2 aromatic rings. The van der Waals surface area contributed by atoms with E-state index in [1.807, 2.05) is 61.2 Å². The van der Waals surface area contributed by atoms with Crippen molar-refractivity contribution >= 4 is 17.6 Å². The van der Waals surface area contributed by atoms with Crippen molar-refractivity contribution in [3.63, 3.8) is 0 Å². The lowest BCUT2D eigenvalue weighted by molar-refractivity contribution is 0.0938. The number of anilines is 1. The minimum atomic E-state index is -0.118. The summed E-state index contributed by atoms with van der Waals surface area (Å²) in [5, 5.41) is 5.96. The molecule has 1 aliphatic rings. The summed E-state index contributed by atoms with van der Waals surface area (Å²) >= 11 is 0. The summed E-state index contributed by atoms with van der Waals surface area (Å²) in [6.07, 6.45) is 1.74. The van der Waals surface area contributed by atoms with Crippen molar-refractivity contribution in [3.8, 4) is 5.75 Å². The van der Waals surface area contributed by atoms with Gasteiger partial charge in [-0.05, 0) is 68.0 Å². The largest absolute Gasteiger partial charge is 0.495 e. The monoisotopic (exact) mass is 395 g/mol. The Morgan fingerprint density at radius 1 is 1.07 bits per heavy atom. The summed E-state index contributed by atoms with van der Waals surface area (Å²) in [4.78, 5) is 26.7. The van der Waals surface area contributed by atoms with Gasteiger partial charge in [0.05, 0.1) is 12.8 Å². The van der Waals surface area contributed by atoms with E-state index in [0.29, 0.717) is 42.6 Å². The van der Waals surface area contributed by atoms with Crippen LogP contribution < -0.4 is 15.4 Å². The molecular weight excluding hydrogens is 366 g/mol. The Labute approximate surface area is 172 Å². The van der Waals surface area contributed by atoms with Gasteiger partial charge in [0.25, 0.3) is 5.91 Å². The normalized spacial score (nSPS) is 14.4. The number of hydrogen-bond donors (Lipinski definition) is 2. The lowest BCUT2D eigenvalue weighted by atomic mass is 9.96. The fourth-order valence-corrected chi connectivity index (χ4v) is 3.50. The Morgan fingerprint density at radius 3 is 2.48 bits per heavy atom. The van der Waals surface area contributed by atoms with Crippen molar-refractivity contribution < 1.29 is 14.3 Å². The third kappa shape index (κ3) is 5.28. The van der Waals surface area contributed by atoms with E-state index < -0.39 is 0 Å². The minimum Gasteiger partial charge on any atom is -0.495 e. The summed E-state index contributed by atoms with van der Waals surface area (Å²) in [7, 11) is 1.59. The highest BCUT2D eigenvalue weighted by molar-refractivity contribution is 5.94. The van der Waals surface area contributed by atoms with E-state index in [1.165, 1.54) is 5.56 Å². The molecule has 2 aromatic carbocycles. The molecule has 154 valence electrons. The van der Waals surface area contributed by atoms with Crippen LogP contribution in [0.1, 0.15) is 34.3 Å². The Bertz CT molecular complexity index is 873. The third-order valence-electron chi connectivity index (χ3n) is 5.57. The van der Waals surface area contributed by atoms with Gasteiger partial charge in [-0.25, -0.2) is 4.79 Å². The molecule has 3 amide bonds. The first-order valence-electron chi connectivity index (χ1n) is 10.0. The van der Waals surface area contributed by atoms with E-state index in [4.69, 9.17) is 4.74 Å². The summed E-state index contributed by atoms with van der Waals surface area (Å²) in [5.41, 5.74) is 3.66. The molecule has 0 aliphatic carbocycles. The summed E-state index contributed by atoms with van der Waals surface area (Å²) < 4.78 is 5.28. The quantitative estimate of drug-likeness (QED) is 0.804. The number of aryl methyl sites for hydroxylation is 2. The van der Waals surface area contributed by atoms with Crippen LogP contribution in [-0.4, -0.2) is 43.6 Å². The summed E-state index contributed by atoms with van der Waals surface area (Å²) in [6, 6.07) is 13.0. The average Bonchev–Trinajstić information content (AvgIpc) is 2.74. The zero-order valence-corrected chi connectivity index (χ0v) is 17.3. The number of nitrogens with one attached hydrogen (secondary N) is 2. The lowest BCUT2D eigenvalue weighted by Crippen LogP contribution is -2.43. The van der Waals surface area contributed by atoms with Gasteiger partial charge in [0.2, 0.25) is 0 Å². The maximum atomic E-state index is 12.5. The maximum Gasteiger partial charge on any atom is 0.321 e. The van der Waals surface area contributed by atoms with E-state index >= 15 is 0 Å².